The Labute approximate surface area is 154 Å². The van der Waals surface area contributed by atoms with Gasteiger partial charge in [0.15, 0.2) is 5.79 Å². The predicted octanol–water partition coefficient (Wildman–Crippen LogP) is 1.78. The Bertz CT molecular complexity index is 541. The van der Waals surface area contributed by atoms with Crippen molar-refractivity contribution in [2.24, 2.45) is 0 Å². The van der Waals surface area contributed by atoms with Gasteiger partial charge < -0.3 is 29.2 Å². The maximum Gasteiger partial charge on any atom is 0.191 e. The minimum Gasteiger partial charge on any atom is -0.394 e. The molecule has 0 spiro atoms. The van der Waals surface area contributed by atoms with Crippen LogP contribution in [0.2, 0.25) is 0 Å². The summed E-state index contributed by atoms with van der Waals surface area (Å²) in [7, 11) is 0. The number of allylic oxidation sites excluding steroid dienone is 2. The third-order valence-electron chi connectivity index (χ3n) is 3.85. The zero-order chi connectivity index (χ0) is 18.5. The molecule has 0 radical (unpaired) electrons. The van der Waals surface area contributed by atoms with Gasteiger partial charge in [-0.3, -0.25) is 0 Å². The fraction of sp³-hybridized carbons (Fsp3) is 0.500. The second-order valence-corrected chi connectivity index (χ2v) is 5.74. The minimum atomic E-state index is -0.858. The van der Waals surface area contributed by atoms with Gasteiger partial charge in [-0.25, -0.2) is 0 Å². The summed E-state index contributed by atoms with van der Waals surface area (Å²) in [5, 5.41) is 17.5. The van der Waals surface area contributed by atoms with Crippen molar-refractivity contribution < 1.29 is 29.2 Å². The molecular formula is C20H28O6. The van der Waals surface area contributed by atoms with Crippen LogP contribution in [0.4, 0.5) is 0 Å². The Morgan fingerprint density at radius 3 is 1.92 bits per heavy atom. The largest absolute Gasteiger partial charge is 0.394 e. The Balaban J connectivity index is 1.91. The van der Waals surface area contributed by atoms with Gasteiger partial charge in [-0.2, -0.15) is 0 Å². The molecule has 144 valence electrons. The second-order valence-electron chi connectivity index (χ2n) is 5.74. The molecule has 0 aromatic heterocycles. The Hall–Kier alpha value is -1.54. The molecule has 1 aromatic carbocycles. The van der Waals surface area contributed by atoms with Crippen LogP contribution in [0.25, 0.3) is 5.57 Å². The number of hydrogen-bond acceptors (Lipinski definition) is 6. The first-order chi connectivity index (χ1) is 12.8. The summed E-state index contributed by atoms with van der Waals surface area (Å²) in [5.41, 5.74) is 2.27. The van der Waals surface area contributed by atoms with Crippen molar-refractivity contribution in [3.63, 3.8) is 0 Å². The molecule has 26 heavy (non-hydrogen) atoms. The number of hydrogen-bond donors (Lipinski definition) is 2. The van der Waals surface area contributed by atoms with Gasteiger partial charge >= 0.3 is 0 Å². The molecule has 1 aliphatic carbocycles. The lowest BCUT2D eigenvalue weighted by Gasteiger charge is -2.32. The third-order valence-corrected chi connectivity index (χ3v) is 3.85. The van der Waals surface area contributed by atoms with Crippen LogP contribution in [0.3, 0.4) is 0 Å². The molecule has 0 saturated carbocycles. The molecule has 0 fully saturated rings. The molecule has 1 aliphatic rings. The van der Waals surface area contributed by atoms with Crippen molar-refractivity contribution in [1.29, 1.82) is 0 Å². The highest BCUT2D eigenvalue weighted by Crippen LogP contribution is 2.30. The standard InChI is InChI=1S/C20H28O6/c21-10-12-23-14-16-25-20(26-17-15-24-13-11-22)8-6-19(7-9-20)18-4-2-1-3-5-18/h1-8,21-22H,9-17H2. The van der Waals surface area contributed by atoms with E-state index in [-0.39, 0.29) is 13.2 Å². The fourth-order valence-corrected chi connectivity index (χ4v) is 2.59. The van der Waals surface area contributed by atoms with E-state index in [1.807, 2.05) is 30.4 Å². The van der Waals surface area contributed by atoms with Crippen molar-refractivity contribution in [2.75, 3.05) is 52.9 Å². The van der Waals surface area contributed by atoms with E-state index < -0.39 is 5.79 Å². The molecular weight excluding hydrogens is 336 g/mol. The van der Waals surface area contributed by atoms with E-state index in [2.05, 4.69) is 18.2 Å². The van der Waals surface area contributed by atoms with Crippen LogP contribution in [0, 0.1) is 0 Å². The summed E-state index contributed by atoms with van der Waals surface area (Å²) >= 11 is 0. The summed E-state index contributed by atoms with van der Waals surface area (Å²) < 4.78 is 22.4. The molecule has 0 heterocycles. The lowest BCUT2D eigenvalue weighted by atomic mass is 9.96. The Morgan fingerprint density at radius 1 is 0.808 bits per heavy atom. The molecule has 0 bridgehead atoms. The van der Waals surface area contributed by atoms with E-state index in [0.29, 0.717) is 46.1 Å². The number of aliphatic hydroxyl groups is 2. The van der Waals surface area contributed by atoms with Crippen LogP contribution in [0.15, 0.2) is 48.6 Å². The van der Waals surface area contributed by atoms with Crippen LogP contribution in [-0.2, 0) is 18.9 Å². The summed E-state index contributed by atoms with van der Waals surface area (Å²) in [5.74, 6) is -0.858. The summed E-state index contributed by atoms with van der Waals surface area (Å²) in [6, 6.07) is 10.1. The van der Waals surface area contributed by atoms with Crippen LogP contribution in [0.5, 0.6) is 0 Å². The van der Waals surface area contributed by atoms with Crippen LogP contribution in [0.1, 0.15) is 12.0 Å². The minimum absolute atomic E-state index is 0.00703. The van der Waals surface area contributed by atoms with Gasteiger partial charge in [0.25, 0.3) is 0 Å². The molecule has 2 N–H and O–H groups in total. The second kappa shape index (κ2) is 12.0. The number of rotatable bonds is 13. The van der Waals surface area contributed by atoms with E-state index in [1.165, 1.54) is 0 Å². The molecule has 6 nitrogen and oxygen atoms in total. The van der Waals surface area contributed by atoms with E-state index in [0.717, 1.165) is 11.1 Å². The van der Waals surface area contributed by atoms with Gasteiger partial charge in [0.05, 0.1) is 52.9 Å². The Kier molecular flexibility index (Phi) is 9.55. The van der Waals surface area contributed by atoms with Gasteiger partial charge in [0.2, 0.25) is 0 Å². The van der Waals surface area contributed by atoms with E-state index in [1.54, 1.807) is 0 Å². The average molecular weight is 364 g/mol. The molecule has 1 aromatic rings. The zero-order valence-electron chi connectivity index (χ0n) is 15.0. The lowest BCUT2D eigenvalue weighted by Crippen LogP contribution is -2.37. The molecule has 0 atom stereocenters. The highest BCUT2D eigenvalue weighted by molar-refractivity contribution is 5.75. The van der Waals surface area contributed by atoms with E-state index in [4.69, 9.17) is 29.2 Å². The van der Waals surface area contributed by atoms with Gasteiger partial charge in [0, 0.05) is 6.42 Å². The predicted molar refractivity (Wildman–Crippen MR) is 98.6 cm³/mol. The smallest absolute Gasteiger partial charge is 0.191 e. The zero-order valence-corrected chi connectivity index (χ0v) is 15.0. The number of aliphatic hydroxyl groups excluding tert-OH is 2. The van der Waals surface area contributed by atoms with Crippen LogP contribution < -0.4 is 0 Å². The monoisotopic (exact) mass is 364 g/mol. The average Bonchev–Trinajstić information content (AvgIpc) is 2.69. The van der Waals surface area contributed by atoms with Crippen LogP contribution >= 0.6 is 0 Å². The number of benzene rings is 1. The number of ether oxygens (including phenoxy) is 4. The molecule has 2 rings (SSSR count). The highest BCUT2D eigenvalue weighted by atomic mass is 16.7. The molecule has 0 amide bonds. The highest BCUT2D eigenvalue weighted by Gasteiger charge is 2.30. The third kappa shape index (κ3) is 6.99. The Morgan fingerprint density at radius 2 is 1.42 bits per heavy atom. The first-order valence-corrected chi connectivity index (χ1v) is 8.89. The molecule has 6 heteroatoms. The quantitative estimate of drug-likeness (QED) is 0.410. The lowest BCUT2D eigenvalue weighted by molar-refractivity contribution is -0.213. The SMILES string of the molecule is OCCOCCOC1(OCCOCCO)C=CC(c2ccccc2)=CC1. The van der Waals surface area contributed by atoms with Crippen molar-refractivity contribution in [3.8, 4) is 0 Å². The topological polar surface area (TPSA) is 77.4 Å². The van der Waals surface area contributed by atoms with Crippen LogP contribution in [-0.4, -0.2) is 68.9 Å². The molecule has 0 unspecified atom stereocenters. The van der Waals surface area contributed by atoms with E-state index in [9.17, 15) is 0 Å². The van der Waals surface area contributed by atoms with Crippen molar-refractivity contribution in [2.45, 2.75) is 12.2 Å². The maximum atomic E-state index is 8.75. The first-order valence-electron chi connectivity index (χ1n) is 8.89. The van der Waals surface area contributed by atoms with Gasteiger partial charge in [-0.05, 0) is 17.2 Å². The van der Waals surface area contributed by atoms with Crippen molar-refractivity contribution in [3.05, 3.63) is 54.1 Å². The maximum absolute atomic E-state index is 8.75. The normalized spacial score (nSPS) is 15.8. The van der Waals surface area contributed by atoms with Gasteiger partial charge in [-0.15, -0.1) is 0 Å². The summed E-state index contributed by atoms with van der Waals surface area (Å²) in [4.78, 5) is 0. The van der Waals surface area contributed by atoms with Crippen molar-refractivity contribution in [1.82, 2.24) is 0 Å². The van der Waals surface area contributed by atoms with E-state index >= 15 is 0 Å². The van der Waals surface area contributed by atoms with Crippen molar-refractivity contribution >= 4 is 5.57 Å². The fourth-order valence-electron chi connectivity index (χ4n) is 2.59. The summed E-state index contributed by atoms with van der Waals surface area (Å²) in [6.07, 6.45) is 6.60. The first kappa shape index (κ1) is 20.8. The molecule has 0 aliphatic heterocycles. The molecule has 0 saturated heterocycles. The van der Waals surface area contributed by atoms with Gasteiger partial charge in [-0.1, -0.05) is 42.5 Å². The summed E-state index contributed by atoms with van der Waals surface area (Å²) in [6.45, 7) is 2.05. The van der Waals surface area contributed by atoms with Gasteiger partial charge in [0.1, 0.15) is 0 Å².